The summed E-state index contributed by atoms with van der Waals surface area (Å²) >= 11 is 0. The van der Waals surface area contributed by atoms with E-state index in [1.807, 2.05) is 0 Å². The van der Waals surface area contributed by atoms with Gasteiger partial charge in [-0.25, -0.2) is 0 Å². The smallest absolute Gasteiger partial charge is 0.549 e. The molecule has 4 N–H and O–H groups in total. The van der Waals surface area contributed by atoms with Crippen molar-refractivity contribution >= 4 is 39.2 Å². The van der Waals surface area contributed by atoms with Crippen LogP contribution in [0.15, 0.2) is 0 Å². The van der Waals surface area contributed by atoms with E-state index in [-0.39, 0.29) is 40.4 Å². The van der Waals surface area contributed by atoms with Gasteiger partial charge in [-0.15, -0.1) is 0 Å². The molecule has 0 amide bonds. The minimum atomic E-state index is -1.22. The van der Waals surface area contributed by atoms with Crippen molar-refractivity contribution in [3.05, 3.63) is 0 Å². The zero-order chi connectivity index (χ0) is 8.57. The van der Waals surface area contributed by atoms with Crippen molar-refractivity contribution < 1.29 is 19.8 Å². The molecule has 0 aliphatic heterocycles. The van der Waals surface area contributed by atoms with Crippen LogP contribution in [0.3, 0.4) is 0 Å². The summed E-state index contributed by atoms with van der Waals surface area (Å²) in [4.78, 5) is 18.3. The number of hydrogen-bond donors (Lipinski definition) is 2. The molecule has 62 valence electrons. The van der Waals surface area contributed by atoms with E-state index in [9.17, 15) is 0 Å². The van der Waals surface area contributed by atoms with E-state index in [0.29, 0.717) is 0 Å². The van der Waals surface area contributed by atoms with E-state index in [2.05, 4.69) is 11.5 Å². The van der Waals surface area contributed by atoms with Gasteiger partial charge in [0.05, 0.1) is 11.9 Å². The van der Waals surface area contributed by atoms with Crippen molar-refractivity contribution in [2.75, 3.05) is 13.1 Å². The van der Waals surface area contributed by atoms with Gasteiger partial charge in [0, 0.05) is 13.1 Å². The fraction of sp³-hybridized carbons (Fsp3) is 0.500. The summed E-state index contributed by atoms with van der Waals surface area (Å²) in [6.45, 7) is -0.778. The van der Waals surface area contributed by atoms with Crippen LogP contribution in [-0.2, 0) is 9.59 Å². The average Bonchev–Trinajstić information content (AvgIpc) is 1.89. The van der Waals surface area contributed by atoms with Crippen molar-refractivity contribution in [3.63, 3.8) is 0 Å². The normalized spacial score (nSPS) is 6.73. The van der Waals surface area contributed by atoms with Gasteiger partial charge in [0.1, 0.15) is 0 Å². The van der Waals surface area contributed by atoms with Crippen LogP contribution in [0.5, 0.6) is 0 Å². The second kappa shape index (κ2) is 12.5. The molecule has 7 heteroatoms. The summed E-state index contributed by atoms with van der Waals surface area (Å²) in [6, 6.07) is 0. The van der Waals surface area contributed by atoms with Crippen molar-refractivity contribution in [2.45, 2.75) is 0 Å². The van der Waals surface area contributed by atoms with Crippen molar-refractivity contribution in [1.29, 1.82) is 0 Å². The van der Waals surface area contributed by atoms with Gasteiger partial charge in [0.2, 0.25) is 0 Å². The molecule has 0 aromatic rings. The molecule has 0 atom stereocenters. The topological polar surface area (TPSA) is 132 Å². The van der Waals surface area contributed by atoms with Gasteiger partial charge in [-0.2, -0.15) is 0 Å². The van der Waals surface area contributed by atoms with Crippen molar-refractivity contribution in [3.8, 4) is 0 Å². The molecule has 6 nitrogen and oxygen atoms in total. The third-order valence-electron chi connectivity index (χ3n) is 0.333. The maximum Gasteiger partial charge on any atom is 2.00 e. The second-order valence-electron chi connectivity index (χ2n) is 1.15. The van der Waals surface area contributed by atoms with E-state index in [0.717, 1.165) is 0 Å². The molecule has 0 unspecified atom stereocenters. The molecule has 2 radical (unpaired) electrons. The number of nitrogens with two attached hydrogens (primary N) is 2. The number of carbonyl (C=O) groups is 2. The van der Waals surface area contributed by atoms with Crippen LogP contribution in [-0.4, -0.2) is 52.3 Å². The fourth-order valence-corrected chi connectivity index (χ4v) is 0. The number of aliphatic carboxylic acids is 2. The van der Waals surface area contributed by atoms with Crippen LogP contribution in [0.25, 0.3) is 0 Å². The summed E-state index contributed by atoms with van der Waals surface area (Å²) in [6.07, 6.45) is 0. The van der Waals surface area contributed by atoms with Crippen LogP contribution in [0.4, 0.5) is 0 Å². The Morgan fingerprint density at radius 3 is 1.09 bits per heavy atom. The van der Waals surface area contributed by atoms with E-state index in [4.69, 9.17) is 19.8 Å². The number of carboxylic acid groups (broad SMARTS) is 2. The molecular formula is C4H8N2O4Pb. The first-order valence-electron chi connectivity index (χ1n) is 2.34. The molecular weight excluding hydrogens is 347 g/mol. The summed E-state index contributed by atoms with van der Waals surface area (Å²) < 4.78 is 0. The van der Waals surface area contributed by atoms with E-state index in [1.54, 1.807) is 0 Å². The third-order valence-corrected chi connectivity index (χ3v) is 0.333. The Morgan fingerprint density at radius 1 is 1.00 bits per heavy atom. The Balaban J connectivity index is -0.000000107. The first-order chi connectivity index (χ1) is 4.54. The number of carbonyl (C=O) groups excluding carboxylic acids is 2. The van der Waals surface area contributed by atoms with Gasteiger partial charge >= 0.3 is 27.3 Å². The minimum Gasteiger partial charge on any atom is -0.549 e. The summed E-state index contributed by atoms with van der Waals surface area (Å²) in [5.41, 5.74) is 9.02. The molecule has 0 fully saturated rings. The largest absolute Gasteiger partial charge is 2.00 e. The monoisotopic (exact) mass is 356 g/mol. The molecule has 0 rings (SSSR count). The summed E-state index contributed by atoms with van der Waals surface area (Å²) in [5, 5.41) is 18.3. The summed E-state index contributed by atoms with van der Waals surface area (Å²) in [5.74, 6) is -2.44. The van der Waals surface area contributed by atoms with Gasteiger partial charge in [-0.05, 0) is 0 Å². The fourth-order valence-electron chi connectivity index (χ4n) is 0. The molecule has 0 spiro atoms. The molecule has 0 aliphatic carbocycles. The van der Waals surface area contributed by atoms with Crippen LogP contribution in [0.1, 0.15) is 0 Å². The SMILES string of the molecule is NCC(=O)[O-].NCC(=O)[O-].[Pb+2]. The van der Waals surface area contributed by atoms with Crippen LogP contribution in [0, 0.1) is 0 Å². The maximum atomic E-state index is 9.13. The van der Waals surface area contributed by atoms with Crippen molar-refractivity contribution in [2.24, 2.45) is 11.5 Å². The van der Waals surface area contributed by atoms with E-state index in [1.165, 1.54) is 0 Å². The number of carboxylic acids is 2. The average molecular weight is 355 g/mol. The molecule has 0 aliphatic rings. The van der Waals surface area contributed by atoms with Gasteiger partial charge in [0.15, 0.2) is 0 Å². The molecule has 11 heavy (non-hydrogen) atoms. The standard InChI is InChI=1S/2C2H5NO2.Pb/c2*3-1-2(4)5;/h2*1,3H2,(H,4,5);/q;;+2/p-2. The Morgan fingerprint density at radius 2 is 1.09 bits per heavy atom. The predicted molar refractivity (Wildman–Crippen MR) is 33.9 cm³/mol. The van der Waals surface area contributed by atoms with Gasteiger partial charge < -0.3 is 31.3 Å². The van der Waals surface area contributed by atoms with Crippen LogP contribution < -0.4 is 21.7 Å². The molecule has 0 aromatic heterocycles. The van der Waals surface area contributed by atoms with Gasteiger partial charge in [-0.3, -0.25) is 0 Å². The first kappa shape index (κ1) is 17.0. The molecule has 0 saturated heterocycles. The Kier molecular flexibility index (Phi) is 19.3. The number of hydrogen-bond acceptors (Lipinski definition) is 6. The minimum absolute atomic E-state index is 0. The zero-order valence-corrected chi connectivity index (χ0v) is 9.59. The number of rotatable bonds is 2. The quantitative estimate of drug-likeness (QED) is 0.477. The zero-order valence-electron chi connectivity index (χ0n) is 5.70. The molecule has 0 bridgehead atoms. The maximum absolute atomic E-state index is 9.13. The third kappa shape index (κ3) is 41.4. The summed E-state index contributed by atoms with van der Waals surface area (Å²) in [7, 11) is 0. The Labute approximate surface area is 83.7 Å². The second-order valence-corrected chi connectivity index (χ2v) is 1.15. The first-order valence-corrected chi connectivity index (χ1v) is 2.34. The molecule has 0 aromatic carbocycles. The van der Waals surface area contributed by atoms with Gasteiger partial charge in [0.25, 0.3) is 0 Å². The van der Waals surface area contributed by atoms with Crippen LogP contribution >= 0.6 is 0 Å². The van der Waals surface area contributed by atoms with E-state index >= 15 is 0 Å². The van der Waals surface area contributed by atoms with E-state index < -0.39 is 11.9 Å². The Hall–Kier alpha value is -0.218. The molecule has 0 heterocycles. The molecule has 0 saturated carbocycles. The Bertz CT molecular complexity index is 105. The van der Waals surface area contributed by atoms with Crippen LogP contribution in [0.2, 0.25) is 0 Å². The van der Waals surface area contributed by atoms with Crippen molar-refractivity contribution in [1.82, 2.24) is 0 Å². The predicted octanol–water partition coefficient (Wildman–Crippen LogP) is -4.99. The van der Waals surface area contributed by atoms with Gasteiger partial charge in [-0.1, -0.05) is 0 Å².